The second-order valence-corrected chi connectivity index (χ2v) is 7.93. The summed E-state index contributed by atoms with van der Waals surface area (Å²) in [7, 11) is 1.61. The van der Waals surface area contributed by atoms with Crippen LogP contribution in [0.3, 0.4) is 0 Å². The van der Waals surface area contributed by atoms with Crippen LogP contribution in [0.4, 0.5) is 9.18 Å². The minimum atomic E-state index is -0.361. The van der Waals surface area contributed by atoms with E-state index in [1.807, 2.05) is 10.7 Å². The van der Waals surface area contributed by atoms with Crippen LogP contribution in [0.2, 0.25) is 0 Å². The van der Waals surface area contributed by atoms with Crippen molar-refractivity contribution in [2.45, 2.75) is 44.7 Å². The van der Waals surface area contributed by atoms with Crippen LogP contribution >= 0.6 is 0 Å². The molecule has 0 spiro atoms. The smallest absolute Gasteiger partial charge is 0.315 e. The van der Waals surface area contributed by atoms with Crippen molar-refractivity contribution in [1.29, 1.82) is 0 Å². The second kappa shape index (κ2) is 10.2. The Morgan fingerprint density at radius 2 is 2.13 bits per heavy atom. The SMILES string of the molecule is COCCNC(=O)NC1CCN(Cc2nnn3c2COC(c2ccccc2F)C3)CC1. The average Bonchev–Trinajstić information content (AvgIpc) is 3.17. The molecule has 9 nitrogen and oxygen atoms in total. The molecule has 1 saturated heterocycles. The van der Waals surface area contributed by atoms with Gasteiger partial charge in [-0.25, -0.2) is 13.9 Å². The summed E-state index contributed by atoms with van der Waals surface area (Å²) in [6.07, 6.45) is 1.40. The highest BCUT2D eigenvalue weighted by atomic mass is 19.1. The van der Waals surface area contributed by atoms with Gasteiger partial charge in [0, 0.05) is 44.9 Å². The molecule has 2 N–H and O–H groups in total. The maximum absolute atomic E-state index is 14.1. The van der Waals surface area contributed by atoms with E-state index in [9.17, 15) is 9.18 Å². The molecule has 10 heteroatoms. The van der Waals surface area contributed by atoms with Crippen molar-refractivity contribution >= 4 is 6.03 Å². The number of nitrogens with one attached hydrogen (secondary N) is 2. The van der Waals surface area contributed by atoms with E-state index < -0.39 is 0 Å². The Morgan fingerprint density at radius 3 is 2.90 bits per heavy atom. The Hall–Kier alpha value is -2.56. The highest BCUT2D eigenvalue weighted by molar-refractivity contribution is 5.74. The summed E-state index contributed by atoms with van der Waals surface area (Å²) in [6, 6.07) is 6.70. The van der Waals surface area contributed by atoms with E-state index in [0.717, 1.165) is 37.3 Å². The lowest BCUT2D eigenvalue weighted by atomic mass is 10.0. The quantitative estimate of drug-likeness (QED) is 0.646. The van der Waals surface area contributed by atoms with E-state index in [-0.39, 0.29) is 24.0 Å². The average molecular weight is 433 g/mol. The zero-order valence-corrected chi connectivity index (χ0v) is 17.7. The van der Waals surface area contributed by atoms with Gasteiger partial charge in [-0.05, 0) is 18.9 Å². The first-order valence-electron chi connectivity index (χ1n) is 10.7. The zero-order chi connectivity index (χ0) is 21.6. The molecule has 1 aromatic heterocycles. The first kappa shape index (κ1) is 21.7. The molecule has 0 bridgehead atoms. The van der Waals surface area contributed by atoms with Gasteiger partial charge in [0.25, 0.3) is 0 Å². The number of fused-ring (bicyclic) bond motifs is 1. The standard InChI is InChI=1S/C21H29FN6O3/c1-30-11-8-23-21(29)24-15-6-9-27(10-7-15)12-18-19-14-31-20(13-28(19)26-25-18)16-4-2-3-5-17(16)22/h2-5,15,20H,6-14H2,1H3,(H2,23,24,29). The summed E-state index contributed by atoms with van der Waals surface area (Å²) in [5, 5.41) is 14.4. The first-order chi connectivity index (χ1) is 15.1. The number of aromatic nitrogens is 3. The number of hydrogen-bond acceptors (Lipinski definition) is 6. The highest BCUT2D eigenvalue weighted by Crippen LogP contribution is 2.29. The molecule has 2 aliphatic rings. The summed E-state index contributed by atoms with van der Waals surface area (Å²) in [5.41, 5.74) is 2.40. The number of amides is 2. The van der Waals surface area contributed by atoms with Gasteiger partial charge in [-0.15, -0.1) is 5.10 Å². The third-order valence-electron chi connectivity index (χ3n) is 5.82. The van der Waals surface area contributed by atoms with Crippen molar-refractivity contribution in [2.24, 2.45) is 0 Å². The zero-order valence-electron chi connectivity index (χ0n) is 17.7. The fraction of sp³-hybridized carbons (Fsp3) is 0.571. The molecule has 31 heavy (non-hydrogen) atoms. The van der Waals surface area contributed by atoms with Crippen LogP contribution in [-0.2, 0) is 29.2 Å². The van der Waals surface area contributed by atoms with E-state index in [2.05, 4.69) is 25.8 Å². The van der Waals surface area contributed by atoms with Crippen molar-refractivity contribution in [1.82, 2.24) is 30.5 Å². The van der Waals surface area contributed by atoms with Crippen LogP contribution in [0, 0.1) is 5.82 Å². The van der Waals surface area contributed by atoms with Crippen LogP contribution < -0.4 is 10.6 Å². The molecule has 2 aromatic rings. The highest BCUT2D eigenvalue weighted by Gasteiger charge is 2.28. The monoisotopic (exact) mass is 432 g/mol. The third-order valence-corrected chi connectivity index (χ3v) is 5.82. The molecule has 2 aliphatic heterocycles. The number of methoxy groups -OCH3 is 1. The summed E-state index contributed by atoms with van der Waals surface area (Å²) in [4.78, 5) is 14.2. The number of carbonyl (C=O) groups excluding carboxylic acids is 1. The minimum Gasteiger partial charge on any atom is -0.383 e. The third kappa shape index (κ3) is 5.38. The van der Waals surface area contributed by atoms with E-state index in [0.29, 0.717) is 38.4 Å². The summed E-state index contributed by atoms with van der Waals surface area (Å²) < 4.78 is 26.8. The van der Waals surface area contributed by atoms with Gasteiger partial charge in [0.05, 0.1) is 25.5 Å². The van der Waals surface area contributed by atoms with Gasteiger partial charge < -0.3 is 20.1 Å². The molecule has 1 fully saturated rings. The van der Waals surface area contributed by atoms with Gasteiger partial charge in [-0.3, -0.25) is 4.90 Å². The summed E-state index contributed by atoms with van der Waals surface area (Å²) in [5.74, 6) is -0.264. The fourth-order valence-electron chi connectivity index (χ4n) is 4.06. The molecule has 1 unspecified atom stereocenters. The van der Waals surface area contributed by atoms with Crippen molar-refractivity contribution < 1.29 is 18.7 Å². The molecule has 1 aromatic carbocycles. The number of nitrogens with zero attached hydrogens (tertiary/aromatic N) is 4. The summed E-state index contributed by atoms with van der Waals surface area (Å²) in [6.45, 7) is 4.24. The van der Waals surface area contributed by atoms with Crippen LogP contribution in [-0.4, -0.2) is 65.3 Å². The number of halogens is 1. The molecule has 3 heterocycles. The Bertz CT molecular complexity index is 884. The molecule has 168 valence electrons. The number of urea groups is 1. The van der Waals surface area contributed by atoms with Gasteiger partial charge in [-0.2, -0.15) is 0 Å². The second-order valence-electron chi connectivity index (χ2n) is 7.93. The van der Waals surface area contributed by atoms with Gasteiger partial charge >= 0.3 is 6.03 Å². The van der Waals surface area contributed by atoms with E-state index in [4.69, 9.17) is 9.47 Å². The molecular weight excluding hydrogens is 403 g/mol. The predicted octanol–water partition coefficient (Wildman–Crippen LogP) is 1.60. The van der Waals surface area contributed by atoms with Gasteiger partial charge in [-0.1, -0.05) is 23.4 Å². The molecule has 2 amide bonds. The van der Waals surface area contributed by atoms with Gasteiger partial charge in [0.15, 0.2) is 0 Å². The number of piperidine rings is 1. The maximum atomic E-state index is 14.1. The van der Waals surface area contributed by atoms with Crippen molar-refractivity contribution in [3.05, 3.63) is 47.0 Å². The molecule has 0 aliphatic carbocycles. The molecule has 0 radical (unpaired) electrons. The Labute approximate surface area is 180 Å². The predicted molar refractivity (Wildman–Crippen MR) is 111 cm³/mol. The number of benzene rings is 1. The van der Waals surface area contributed by atoms with Crippen molar-refractivity contribution in [2.75, 3.05) is 33.4 Å². The summed E-state index contributed by atoms with van der Waals surface area (Å²) >= 11 is 0. The number of rotatable bonds is 7. The van der Waals surface area contributed by atoms with Crippen molar-refractivity contribution in [3.8, 4) is 0 Å². The lowest BCUT2D eigenvalue weighted by molar-refractivity contribution is -0.00414. The number of ether oxygens (including phenoxy) is 2. The number of carbonyl (C=O) groups is 1. The normalized spacial score (nSPS) is 19.7. The van der Waals surface area contributed by atoms with Crippen LogP contribution in [0.15, 0.2) is 24.3 Å². The Kier molecular flexibility index (Phi) is 7.10. The van der Waals surface area contributed by atoms with Crippen LogP contribution in [0.25, 0.3) is 0 Å². The van der Waals surface area contributed by atoms with E-state index in [1.165, 1.54) is 6.07 Å². The van der Waals surface area contributed by atoms with E-state index >= 15 is 0 Å². The topological polar surface area (TPSA) is 93.5 Å². The maximum Gasteiger partial charge on any atom is 0.315 e. The number of hydrogen-bond donors (Lipinski definition) is 2. The van der Waals surface area contributed by atoms with Crippen LogP contribution in [0.1, 0.15) is 35.9 Å². The first-order valence-corrected chi connectivity index (χ1v) is 10.7. The minimum absolute atomic E-state index is 0.149. The number of likely N-dealkylation sites (tertiary alicyclic amines) is 1. The molecule has 4 rings (SSSR count). The van der Waals surface area contributed by atoms with Gasteiger partial charge in [0.2, 0.25) is 0 Å². The van der Waals surface area contributed by atoms with Gasteiger partial charge in [0.1, 0.15) is 17.6 Å². The van der Waals surface area contributed by atoms with Crippen molar-refractivity contribution in [3.63, 3.8) is 0 Å². The molecule has 0 saturated carbocycles. The lowest BCUT2D eigenvalue weighted by Crippen LogP contribution is -2.48. The van der Waals surface area contributed by atoms with E-state index in [1.54, 1.807) is 19.2 Å². The lowest BCUT2D eigenvalue weighted by Gasteiger charge is -2.32. The molecule has 1 atom stereocenters. The Balaban J connectivity index is 1.27. The van der Waals surface area contributed by atoms with Crippen LogP contribution in [0.5, 0.6) is 0 Å². The molecular formula is C21H29FN6O3. The fourth-order valence-corrected chi connectivity index (χ4v) is 4.06. The Morgan fingerprint density at radius 1 is 1.32 bits per heavy atom. The largest absolute Gasteiger partial charge is 0.383 e.